The summed E-state index contributed by atoms with van der Waals surface area (Å²) in [6, 6.07) is 12.1. The fourth-order valence-corrected chi connectivity index (χ4v) is 2.86. The Balaban J connectivity index is 1.59. The predicted molar refractivity (Wildman–Crippen MR) is 89.1 cm³/mol. The molecule has 0 radical (unpaired) electrons. The molecule has 1 aromatic carbocycles. The summed E-state index contributed by atoms with van der Waals surface area (Å²) in [7, 11) is 0. The van der Waals surface area contributed by atoms with Crippen LogP contribution < -0.4 is 10.2 Å². The van der Waals surface area contributed by atoms with Gasteiger partial charge in [0.25, 0.3) is 0 Å². The molecule has 0 unspecified atom stereocenters. The molecular formula is C17H20ClN3. The summed E-state index contributed by atoms with van der Waals surface area (Å²) in [6.45, 7) is 3.01. The number of benzene rings is 1. The van der Waals surface area contributed by atoms with Crippen LogP contribution in [-0.4, -0.2) is 18.1 Å². The van der Waals surface area contributed by atoms with E-state index in [-0.39, 0.29) is 0 Å². The molecule has 1 aliphatic heterocycles. The van der Waals surface area contributed by atoms with Crippen molar-refractivity contribution in [3.05, 3.63) is 53.2 Å². The quantitative estimate of drug-likeness (QED) is 0.910. The van der Waals surface area contributed by atoms with E-state index in [9.17, 15) is 0 Å². The fourth-order valence-electron chi connectivity index (χ4n) is 2.65. The minimum absolute atomic E-state index is 0.755. The molecular weight excluding hydrogens is 282 g/mol. The number of hydrogen-bond donors (Lipinski definition) is 1. The molecule has 1 fully saturated rings. The van der Waals surface area contributed by atoms with E-state index in [2.05, 4.69) is 33.4 Å². The molecule has 1 aromatic heterocycles. The van der Waals surface area contributed by atoms with Crippen molar-refractivity contribution in [2.24, 2.45) is 0 Å². The second-order valence-corrected chi connectivity index (χ2v) is 5.87. The second-order valence-electron chi connectivity index (χ2n) is 5.44. The summed E-state index contributed by atoms with van der Waals surface area (Å²) in [5.41, 5.74) is 2.21. The normalized spacial score (nSPS) is 15.0. The lowest BCUT2D eigenvalue weighted by Gasteiger charge is -2.27. The molecule has 0 amide bonds. The number of hydrogen-bond acceptors (Lipinski definition) is 3. The average Bonchev–Trinajstić information content (AvgIpc) is 2.54. The van der Waals surface area contributed by atoms with Gasteiger partial charge in [0, 0.05) is 24.7 Å². The molecule has 1 saturated heterocycles. The maximum absolute atomic E-state index is 5.99. The first-order valence-corrected chi connectivity index (χ1v) is 7.88. The molecule has 0 spiro atoms. The molecule has 0 aliphatic carbocycles. The van der Waals surface area contributed by atoms with Crippen LogP contribution in [0.3, 0.4) is 0 Å². The van der Waals surface area contributed by atoms with Crippen molar-refractivity contribution < 1.29 is 0 Å². The van der Waals surface area contributed by atoms with Gasteiger partial charge in [-0.05, 0) is 49.1 Å². The fraction of sp³-hybridized carbons (Fsp3) is 0.353. The van der Waals surface area contributed by atoms with Crippen molar-refractivity contribution in [1.29, 1.82) is 0 Å². The molecule has 110 valence electrons. The zero-order chi connectivity index (χ0) is 14.5. The molecule has 1 N–H and O–H groups in total. The second kappa shape index (κ2) is 6.81. The molecule has 2 aromatic rings. The highest BCUT2D eigenvalue weighted by molar-refractivity contribution is 6.30. The summed E-state index contributed by atoms with van der Waals surface area (Å²) in [5.74, 6) is 1.09. The standard InChI is InChI=1S/C17H20ClN3/c18-15-6-4-5-14(11-15)12-19-16-7-8-17(20-13-16)21-9-2-1-3-10-21/h4-8,11,13,19H,1-3,9-10,12H2. The Kier molecular flexibility index (Phi) is 4.61. The first kappa shape index (κ1) is 14.2. The minimum Gasteiger partial charge on any atom is -0.380 e. The van der Waals surface area contributed by atoms with Gasteiger partial charge in [0.15, 0.2) is 0 Å². The summed E-state index contributed by atoms with van der Waals surface area (Å²) in [5, 5.41) is 4.15. The SMILES string of the molecule is Clc1cccc(CNc2ccc(N3CCCCC3)nc2)c1. The Labute approximate surface area is 131 Å². The van der Waals surface area contributed by atoms with Crippen LogP contribution in [0.15, 0.2) is 42.6 Å². The summed E-state index contributed by atoms with van der Waals surface area (Å²) in [4.78, 5) is 6.93. The maximum atomic E-state index is 5.99. The van der Waals surface area contributed by atoms with Crippen LogP contribution in [0.2, 0.25) is 5.02 Å². The van der Waals surface area contributed by atoms with Crippen molar-refractivity contribution in [3.63, 3.8) is 0 Å². The lowest BCUT2D eigenvalue weighted by atomic mass is 10.1. The Hall–Kier alpha value is -1.74. The Morgan fingerprint density at radius 3 is 2.67 bits per heavy atom. The number of rotatable bonds is 4. The minimum atomic E-state index is 0.755. The van der Waals surface area contributed by atoms with Crippen LogP contribution in [0.4, 0.5) is 11.5 Å². The molecule has 2 heterocycles. The van der Waals surface area contributed by atoms with E-state index >= 15 is 0 Å². The summed E-state index contributed by atoms with van der Waals surface area (Å²) < 4.78 is 0. The highest BCUT2D eigenvalue weighted by Gasteiger charge is 2.11. The van der Waals surface area contributed by atoms with Crippen LogP contribution in [-0.2, 0) is 6.54 Å². The highest BCUT2D eigenvalue weighted by atomic mass is 35.5. The molecule has 0 bridgehead atoms. The van der Waals surface area contributed by atoms with Gasteiger partial charge in [0.1, 0.15) is 5.82 Å². The number of halogens is 1. The Bertz CT molecular complexity index is 577. The predicted octanol–water partition coefficient (Wildman–Crippen LogP) is 4.34. The van der Waals surface area contributed by atoms with E-state index in [1.807, 2.05) is 24.4 Å². The molecule has 0 atom stereocenters. The molecule has 0 saturated carbocycles. The molecule has 4 heteroatoms. The lowest BCUT2D eigenvalue weighted by molar-refractivity contribution is 0.573. The molecule has 3 rings (SSSR count). The topological polar surface area (TPSA) is 28.2 Å². The van der Waals surface area contributed by atoms with Gasteiger partial charge >= 0.3 is 0 Å². The van der Waals surface area contributed by atoms with Crippen molar-refractivity contribution in [2.45, 2.75) is 25.8 Å². The largest absolute Gasteiger partial charge is 0.380 e. The van der Waals surface area contributed by atoms with Gasteiger partial charge in [-0.25, -0.2) is 4.98 Å². The lowest BCUT2D eigenvalue weighted by Crippen LogP contribution is -2.30. The number of pyridine rings is 1. The van der Waals surface area contributed by atoms with E-state index < -0.39 is 0 Å². The van der Waals surface area contributed by atoms with Crippen molar-refractivity contribution in [3.8, 4) is 0 Å². The zero-order valence-electron chi connectivity index (χ0n) is 12.1. The van der Waals surface area contributed by atoms with Crippen molar-refractivity contribution >= 4 is 23.1 Å². The number of anilines is 2. The first-order valence-electron chi connectivity index (χ1n) is 7.50. The number of piperidine rings is 1. The van der Waals surface area contributed by atoms with Gasteiger partial charge in [0.05, 0.1) is 11.9 Å². The van der Waals surface area contributed by atoms with Crippen LogP contribution in [0.25, 0.3) is 0 Å². The van der Waals surface area contributed by atoms with Gasteiger partial charge < -0.3 is 10.2 Å². The number of nitrogens with zero attached hydrogens (tertiary/aromatic N) is 2. The van der Waals surface area contributed by atoms with Crippen molar-refractivity contribution in [1.82, 2.24) is 4.98 Å². The maximum Gasteiger partial charge on any atom is 0.128 e. The van der Waals surface area contributed by atoms with Gasteiger partial charge in [-0.3, -0.25) is 0 Å². The van der Waals surface area contributed by atoms with Gasteiger partial charge in [0.2, 0.25) is 0 Å². The Morgan fingerprint density at radius 2 is 1.95 bits per heavy atom. The molecule has 1 aliphatic rings. The first-order chi connectivity index (χ1) is 10.3. The summed E-state index contributed by atoms with van der Waals surface area (Å²) >= 11 is 5.99. The zero-order valence-corrected chi connectivity index (χ0v) is 12.8. The van der Waals surface area contributed by atoms with Gasteiger partial charge in [-0.15, -0.1) is 0 Å². The van der Waals surface area contributed by atoms with Crippen molar-refractivity contribution in [2.75, 3.05) is 23.3 Å². The third-order valence-electron chi connectivity index (χ3n) is 3.81. The Morgan fingerprint density at radius 1 is 1.10 bits per heavy atom. The smallest absolute Gasteiger partial charge is 0.128 e. The van der Waals surface area contributed by atoms with Crippen LogP contribution in [0.1, 0.15) is 24.8 Å². The van der Waals surface area contributed by atoms with Crippen LogP contribution in [0, 0.1) is 0 Å². The average molecular weight is 302 g/mol. The number of nitrogens with one attached hydrogen (secondary N) is 1. The number of aromatic nitrogens is 1. The highest BCUT2D eigenvalue weighted by Crippen LogP contribution is 2.19. The van der Waals surface area contributed by atoms with E-state index in [0.29, 0.717) is 0 Å². The van der Waals surface area contributed by atoms with Crippen LogP contribution >= 0.6 is 11.6 Å². The van der Waals surface area contributed by atoms with E-state index in [0.717, 1.165) is 36.2 Å². The van der Waals surface area contributed by atoms with E-state index in [1.54, 1.807) is 0 Å². The van der Waals surface area contributed by atoms with Crippen LogP contribution in [0.5, 0.6) is 0 Å². The monoisotopic (exact) mass is 301 g/mol. The molecule has 3 nitrogen and oxygen atoms in total. The third-order valence-corrected chi connectivity index (χ3v) is 4.05. The van der Waals surface area contributed by atoms with E-state index in [1.165, 1.54) is 24.8 Å². The molecule has 21 heavy (non-hydrogen) atoms. The van der Waals surface area contributed by atoms with E-state index in [4.69, 9.17) is 11.6 Å². The van der Waals surface area contributed by atoms with Gasteiger partial charge in [-0.1, -0.05) is 23.7 Å². The third kappa shape index (κ3) is 3.88. The van der Waals surface area contributed by atoms with Gasteiger partial charge in [-0.2, -0.15) is 0 Å². The summed E-state index contributed by atoms with van der Waals surface area (Å²) in [6.07, 6.45) is 5.80.